The molecule has 1 aromatic rings. The Morgan fingerprint density at radius 2 is 2.10 bits per heavy atom. The molecule has 0 fully saturated rings. The summed E-state index contributed by atoms with van der Waals surface area (Å²) in [4.78, 5) is 23.1. The number of carbonyl (C=O) groups excluding carboxylic acids is 1. The summed E-state index contributed by atoms with van der Waals surface area (Å²) in [6.07, 6.45) is 2.15. The topological polar surface area (TPSA) is 78.4 Å². The first-order chi connectivity index (χ1) is 10.1. The summed E-state index contributed by atoms with van der Waals surface area (Å²) in [5.74, 6) is -0.986. The van der Waals surface area contributed by atoms with Gasteiger partial charge in [0.15, 0.2) is 0 Å². The Morgan fingerprint density at radius 1 is 1.38 bits per heavy atom. The maximum atomic E-state index is 12.3. The van der Waals surface area contributed by atoms with Crippen molar-refractivity contribution >= 4 is 11.9 Å². The maximum Gasteiger partial charge on any atom is 0.305 e. The smallest absolute Gasteiger partial charge is 0.305 e. The van der Waals surface area contributed by atoms with E-state index < -0.39 is 5.97 Å². The van der Waals surface area contributed by atoms with Crippen molar-refractivity contribution in [3.05, 3.63) is 35.4 Å². The molecule has 1 aliphatic rings. The van der Waals surface area contributed by atoms with Gasteiger partial charge in [-0.3, -0.25) is 9.59 Å². The summed E-state index contributed by atoms with van der Waals surface area (Å²) in [5, 5.41) is 15.0. The molecule has 0 aromatic heterocycles. The first-order valence-electron chi connectivity index (χ1n) is 7.42. The minimum absolute atomic E-state index is 0.0249. The molecule has 0 radical (unpaired) electrons. The van der Waals surface area contributed by atoms with Crippen LogP contribution >= 0.6 is 0 Å². The Morgan fingerprint density at radius 3 is 2.76 bits per heavy atom. The number of rotatable bonds is 6. The normalized spacial score (nSPS) is 18.6. The molecular formula is C16H22N2O3. The van der Waals surface area contributed by atoms with E-state index >= 15 is 0 Å². The zero-order valence-corrected chi connectivity index (χ0v) is 12.3. The fraction of sp³-hybridized carbons (Fsp3) is 0.500. The molecule has 1 unspecified atom stereocenters. The third-order valence-electron chi connectivity index (χ3n) is 3.80. The highest BCUT2D eigenvalue weighted by Crippen LogP contribution is 2.16. The van der Waals surface area contributed by atoms with Crippen LogP contribution in [0, 0.1) is 0 Å². The lowest BCUT2D eigenvalue weighted by molar-refractivity contribution is -0.137. The largest absolute Gasteiger partial charge is 0.481 e. The van der Waals surface area contributed by atoms with Gasteiger partial charge in [0.05, 0.1) is 12.5 Å². The summed E-state index contributed by atoms with van der Waals surface area (Å²) in [7, 11) is 0. The van der Waals surface area contributed by atoms with Gasteiger partial charge >= 0.3 is 5.97 Å². The van der Waals surface area contributed by atoms with Crippen LogP contribution in [0.15, 0.2) is 24.3 Å². The highest BCUT2D eigenvalue weighted by Gasteiger charge is 2.26. The van der Waals surface area contributed by atoms with Crippen LogP contribution in [0.3, 0.4) is 0 Å². The molecule has 0 spiro atoms. The van der Waals surface area contributed by atoms with E-state index in [9.17, 15) is 9.59 Å². The van der Waals surface area contributed by atoms with E-state index in [2.05, 4.69) is 16.7 Å². The zero-order valence-electron chi connectivity index (χ0n) is 12.3. The van der Waals surface area contributed by atoms with Crippen molar-refractivity contribution in [1.82, 2.24) is 10.6 Å². The van der Waals surface area contributed by atoms with Gasteiger partial charge in [-0.1, -0.05) is 37.6 Å². The van der Waals surface area contributed by atoms with E-state index in [1.807, 2.05) is 25.1 Å². The van der Waals surface area contributed by atoms with Crippen LogP contribution in [0.25, 0.3) is 0 Å². The van der Waals surface area contributed by atoms with Gasteiger partial charge in [0.25, 0.3) is 0 Å². The summed E-state index contributed by atoms with van der Waals surface area (Å²) < 4.78 is 0. The highest BCUT2D eigenvalue weighted by atomic mass is 16.4. The molecule has 3 N–H and O–H groups in total. The molecule has 21 heavy (non-hydrogen) atoms. The molecule has 1 aliphatic heterocycles. The summed E-state index contributed by atoms with van der Waals surface area (Å²) in [6, 6.07) is 7.49. The average molecular weight is 290 g/mol. The van der Waals surface area contributed by atoms with Gasteiger partial charge in [-0.05, 0) is 24.0 Å². The van der Waals surface area contributed by atoms with Gasteiger partial charge in [0, 0.05) is 12.6 Å². The lowest BCUT2D eigenvalue weighted by Gasteiger charge is -2.27. The first-order valence-corrected chi connectivity index (χ1v) is 7.42. The molecule has 114 valence electrons. The van der Waals surface area contributed by atoms with Crippen molar-refractivity contribution in [1.29, 1.82) is 0 Å². The molecule has 0 saturated heterocycles. The third kappa shape index (κ3) is 4.29. The van der Waals surface area contributed by atoms with Crippen molar-refractivity contribution in [2.24, 2.45) is 0 Å². The SMILES string of the molecule is CCCC(CC(=O)O)NC(=O)[C@H]1Cc2ccccc2CN1. The second-order valence-corrected chi connectivity index (χ2v) is 5.50. The average Bonchev–Trinajstić information content (AvgIpc) is 2.46. The van der Waals surface area contributed by atoms with Crippen molar-refractivity contribution in [3.63, 3.8) is 0 Å². The van der Waals surface area contributed by atoms with Crippen LogP contribution in [-0.4, -0.2) is 29.1 Å². The van der Waals surface area contributed by atoms with E-state index in [1.54, 1.807) is 0 Å². The molecule has 2 atom stereocenters. The van der Waals surface area contributed by atoms with Crippen LogP contribution in [0.1, 0.15) is 37.3 Å². The summed E-state index contributed by atoms with van der Waals surface area (Å²) in [6.45, 7) is 2.65. The fourth-order valence-electron chi connectivity index (χ4n) is 2.73. The Bertz CT molecular complexity index is 516. The van der Waals surface area contributed by atoms with Crippen molar-refractivity contribution in [3.8, 4) is 0 Å². The van der Waals surface area contributed by atoms with Crippen LogP contribution in [0.5, 0.6) is 0 Å². The number of carboxylic acids is 1. The number of fused-ring (bicyclic) bond motifs is 1. The fourth-order valence-corrected chi connectivity index (χ4v) is 2.73. The molecule has 2 rings (SSSR count). The van der Waals surface area contributed by atoms with Crippen LogP contribution in [0.4, 0.5) is 0 Å². The predicted octanol–water partition coefficient (Wildman–Crippen LogP) is 1.46. The Hall–Kier alpha value is -1.88. The van der Waals surface area contributed by atoms with Gasteiger partial charge in [0.1, 0.15) is 0 Å². The number of aliphatic carboxylic acids is 1. The highest BCUT2D eigenvalue weighted by molar-refractivity contribution is 5.83. The lowest BCUT2D eigenvalue weighted by Crippen LogP contribution is -2.50. The van der Waals surface area contributed by atoms with Gasteiger partial charge in [0.2, 0.25) is 5.91 Å². The quantitative estimate of drug-likeness (QED) is 0.741. The number of nitrogens with one attached hydrogen (secondary N) is 2. The van der Waals surface area contributed by atoms with Crippen LogP contribution < -0.4 is 10.6 Å². The van der Waals surface area contributed by atoms with Crippen molar-refractivity contribution < 1.29 is 14.7 Å². The monoisotopic (exact) mass is 290 g/mol. The third-order valence-corrected chi connectivity index (χ3v) is 3.80. The number of hydrogen-bond acceptors (Lipinski definition) is 3. The van der Waals surface area contributed by atoms with Gasteiger partial charge < -0.3 is 15.7 Å². The minimum Gasteiger partial charge on any atom is -0.481 e. The van der Waals surface area contributed by atoms with Crippen molar-refractivity contribution in [2.45, 2.75) is 51.2 Å². The van der Waals surface area contributed by atoms with Crippen LogP contribution in [-0.2, 0) is 22.6 Å². The molecule has 1 heterocycles. The number of hydrogen-bond donors (Lipinski definition) is 3. The predicted molar refractivity (Wildman–Crippen MR) is 79.9 cm³/mol. The minimum atomic E-state index is -0.879. The molecule has 0 bridgehead atoms. The van der Waals surface area contributed by atoms with Gasteiger partial charge in [-0.25, -0.2) is 0 Å². The molecule has 5 nitrogen and oxygen atoms in total. The Labute approximate surface area is 124 Å². The molecular weight excluding hydrogens is 268 g/mol. The molecule has 1 amide bonds. The molecule has 0 aliphatic carbocycles. The maximum absolute atomic E-state index is 12.3. The van der Waals surface area contributed by atoms with E-state index in [-0.39, 0.29) is 24.4 Å². The van der Waals surface area contributed by atoms with Crippen LogP contribution in [0.2, 0.25) is 0 Å². The van der Waals surface area contributed by atoms with E-state index in [4.69, 9.17) is 5.11 Å². The second-order valence-electron chi connectivity index (χ2n) is 5.50. The van der Waals surface area contributed by atoms with Gasteiger partial charge in [-0.15, -0.1) is 0 Å². The lowest BCUT2D eigenvalue weighted by atomic mass is 9.95. The summed E-state index contributed by atoms with van der Waals surface area (Å²) in [5.41, 5.74) is 2.40. The second kappa shape index (κ2) is 7.22. The Balaban J connectivity index is 1.95. The van der Waals surface area contributed by atoms with E-state index in [1.165, 1.54) is 11.1 Å². The number of benzene rings is 1. The molecule has 0 saturated carbocycles. The first kappa shape index (κ1) is 15.5. The zero-order chi connectivity index (χ0) is 15.2. The van der Waals surface area contributed by atoms with Crippen molar-refractivity contribution in [2.75, 3.05) is 0 Å². The number of carboxylic acid groups (broad SMARTS) is 1. The van der Waals surface area contributed by atoms with E-state index in [0.29, 0.717) is 19.4 Å². The van der Waals surface area contributed by atoms with Gasteiger partial charge in [-0.2, -0.15) is 0 Å². The number of amides is 1. The Kier molecular flexibility index (Phi) is 5.33. The number of carbonyl (C=O) groups is 2. The van der Waals surface area contributed by atoms with E-state index in [0.717, 1.165) is 6.42 Å². The standard InChI is InChI=1S/C16H22N2O3/c1-2-5-13(9-15(19)20)18-16(21)14-8-11-6-3-4-7-12(11)10-17-14/h3-4,6-7,13-14,17H,2,5,8-10H2,1H3,(H,18,21)(H,19,20)/t13?,14-/m1/s1. The summed E-state index contributed by atoms with van der Waals surface area (Å²) >= 11 is 0. The molecule has 1 aromatic carbocycles. The molecule has 5 heteroatoms.